The van der Waals surface area contributed by atoms with Crippen molar-refractivity contribution in [2.45, 2.75) is 21.5 Å². The fourth-order valence-electron chi connectivity index (χ4n) is 3.24. The SMILES string of the molecule is O=S1(=O)N=C(Nc2ccc(S(=O)(=O)C(F)(F)F)cc2)c2ccc(-c3ncccc3C(F)(F)F)cc21. The first kappa shape index (κ1) is 24.7. The number of pyridine rings is 1. The summed E-state index contributed by atoms with van der Waals surface area (Å²) in [5.74, 6) is -0.255. The van der Waals surface area contributed by atoms with E-state index in [4.69, 9.17) is 0 Å². The monoisotopic (exact) mass is 535 g/mol. The van der Waals surface area contributed by atoms with Gasteiger partial charge >= 0.3 is 11.7 Å². The van der Waals surface area contributed by atoms with Crippen molar-refractivity contribution in [2.75, 3.05) is 5.32 Å². The Morgan fingerprint density at radius 1 is 0.886 bits per heavy atom. The Bertz CT molecular complexity index is 1560. The van der Waals surface area contributed by atoms with E-state index in [1.807, 2.05) is 0 Å². The molecule has 184 valence electrons. The highest BCUT2D eigenvalue weighted by Crippen LogP contribution is 2.38. The van der Waals surface area contributed by atoms with Gasteiger partial charge in [-0.2, -0.15) is 34.8 Å². The highest BCUT2D eigenvalue weighted by molar-refractivity contribution is 7.92. The second-order valence-corrected chi connectivity index (χ2v) is 10.6. The second kappa shape index (κ2) is 8.05. The van der Waals surface area contributed by atoms with E-state index in [1.165, 1.54) is 12.1 Å². The summed E-state index contributed by atoms with van der Waals surface area (Å²) in [6.07, 6.45) is -3.62. The summed E-state index contributed by atoms with van der Waals surface area (Å²) in [6, 6.07) is 8.61. The van der Waals surface area contributed by atoms with Gasteiger partial charge in [0.15, 0.2) is 5.84 Å². The zero-order chi connectivity index (χ0) is 25.8. The van der Waals surface area contributed by atoms with Gasteiger partial charge in [0.25, 0.3) is 19.9 Å². The molecule has 0 atom stereocenters. The van der Waals surface area contributed by atoms with E-state index >= 15 is 0 Å². The van der Waals surface area contributed by atoms with Gasteiger partial charge in [-0.15, -0.1) is 4.40 Å². The summed E-state index contributed by atoms with van der Waals surface area (Å²) in [7, 11) is -9.91. The van der Waals surface area contributed by atoms with Gasteiger partial charge in [0, 0.05) is 23.0 Å². The molecule has 2 aromatic carbocycles. The fraction of sp³-hybridized carbons (Fsp3) is 0.100. The minimum absolute atomic E-state index is 0.00905. The highest BCUT2D eigenvalue weighted by atomic mass is 32.2. The molecule has 0 saturated heterocycles. The maximum absolute atomic E-state index is 13.3. The summed E-state index contributed by atoms with van der Waals surface area (Å²) in [4.78, 5) is 2.30. The third-order valence-electron chi connectivity index (χ3n) is 4.84. The number of benzene rings is 2. The van der Waals surface area contributed by atoms with E-state index in [0.717, 1.165) is 36.5 Å². The lowest BCUT2D eigenvalue weighted by Gasteiger charge is -2.13. The molecular formula is C20H11F6N3O4S2. The van der Waals surface area contributed by atoms with Gasteiger partial charge in [0.2, 0.25) is 0 Å². The van der Waals surface area contributed by atoms with Crippen LogP contribution in [0.3, 0.4) is 0 Å². The normalized spacial score (nSPS) is 15.4. The molecule has 0 unspecified atom stereocenters. The van der Waals surface area contributed by atoms with Crippen molar-refractivity contribution in [2.24, 2.45) is 4.40 Å². The van der Waals surface area contributed by atoms with Crippen molar-refractivity contribution >= 4 is 31.4 Å². The smallest absolute Gasteiger partial charge is 0.339 e. The van der Waals surface area contributed by atoms with Crippen molar-refractivity contribution < 1.29 is 43.2 Å². The maximum Gasteiger partial charge on any atom is 0.501 e. The molecule has 0 radical (unpaired) electrons. The quantitative estimate of drug-likeness (QED) is 0.491. The van der Waals surface area contributed by atoms with E-state index in [-0.39, 0.29) is 22.6 Å². The first-order chi connectivity index (χ1) is 16.1. The highest BCUT2D eigenvalue weighted by Gasteiger charge is 2.46. The van der Waals surface area contributed by atoms with Crippen molar-refractivity contribution in [3.05, 3.63) is 71.9 Å². The lowest BCUT2D eigenvalue weighted by molar-refractivity contribution is -0.137. The van der Waals surface area contributed by atoms with Gasteiger partial charge in [0.1, 0.15) is 4.90 Å². The minimum atomic E-state index is -5.57. The van der Waals surface area contributed by atoms with E-state index in [0.29, 0.717) is 12.1 Å². The average Bonchev–Trinajstić information content (AvgIpc) is 3.02. The topological polar surface area (TPSA) is 106 Å². The summed E-state index contributed by atoms with van der Waals surface area (Å²) < 4.78 is 130. The fourth-order valence-corrected chi connectivity index (χ4v) is 5.20. The molecule has 3 aromatic rings. The summed E-state index contributed by atoms with van der Waals surface area (Å²) in [5.41, 5.74) is -7.17. The number of sulfonamides is 1. The van der Waals surface area contributed by atoms with Crippen LogP contribution in [0, 0.1) is 0 Å². The molecule has 1 aliphatic rings. The van der Waals surface area contributed by atoms with Gasteiger partial charge < -0.3 is 5.32 Å². The number of hydrogen-bond donors (Lipinski definition) is 1. The Balaban J connectivity index is 1.68. The number of nitrogens with zero attached hydrogens (tertiary/aromatic N) is 2. The number of aromatic nitrogens is 1. The minimum Gasteiger partial charge on any atom is -0.339 e. The van der Waals surface area contributed by atoms with Crippen LogP contribution in [0.5, 0.6) is 0 Å². The van der Waals surface area contributed by atoms with Crippen molar-refractivity contribution in [1.29, 1.82) is 0 Å². The van der Waals surface area contributed by atoms with Gasteiger partial charge in [-0.05, 0) is 48.5 Å². The van der Waals surface area contributed by atoms with Gasteiger partial charge in [-0.3, -0.25) is 4.98 Å². The summed E-state index contributed by atoms with van der Waals surface area (Å²) in [5, 5.41) is 2.56. The molecule has 35 heavy (non-hydrogen) atoms. The predicted octanol–water partition coefficient (Wildman–Crippen LogP) is 4.62. The first-order valence-corrected chi connectivity index (χ1v) is 12.2. The van der Waals surface area contributed by atoms with Crippen LogP contribution in [-0.2, 0) is 26.0 Å². The maximum atomic E-state index is 13.3. The first-order valence-electron chi connectivity index (χ1n) is 9.32. The molecule has 0 spiro atoms. The molecule has 15 heteroatoms. The molecule has 0 saturated carbocycles. The molecule has 0 aliphatic carbocycles. The number of alkyl halides is 6. The average molecular weight is 535 g/mol. The van der Waals surface area contributed by atoms with Crippen LogP contribution in [-0.4, -0.2) is 33.2 Å². The number of rotatable bonds is 3. The van der Waals surface area contributed by atoms with Crippen LogP contribution < -0.4 is 5.32 Å². The van der Waals surface area contributed by atoms with Crippen molar-refractivity contribution in [3.63, 3.8) is 0 Å². The Morgan fingerprint density at radius 3 is 2.14 bits per heavy atom. The Hall–Kier alpha value is -3.46. The molecular weight excluding hydrogens is 524 g/mol. The largest absolute Gasteiger partial charge is 0.501 e. The predicted molar refractivity (Wildman–Crippen MR) is 112 cm³/mol. The molecule has 7 nitrogen and oxygen atoms in total. The zero-order valence-corrected chi connectivity index (χ0v) is 18.5. The molecule has 1 aliphatic heterocycles. The second-order valence-electron chi connectivity index (χ2n) is 7.12. The molecule has 0 fully saturated rings. The van der Waals surface area contributed by atoms with Crippen LogP contribution >= 0.6 is 0 Å². The van der Waals surface area contributed by atoms with Crippen molar-refractivity contribution in [3.8, 4) is 11.3 Å². The molecule has 0 bridgehead atoms. The van der Waals surface area contributed by atoms with Gasteiger partial charge in [-0.1, -0.05) is 6.07 Å². The Labute approximate surface area is 194 Å². The number of amidine groups is 1. The Kier molecular flexibility index (Phi) is 5.67. The third-order valence-corrected chi connectivity index (χ3v) is 7.66. The number of hydrogen-bond acceptors (Lipinski definition) is 6. The summed E-state index contributed by atoms with van der Waals surface area (Å²) in [6.45, 7) is 0. The van der Waals surface area contributed by atoms with E-state index in [9.17, 15) is 43.2 Å². The lowest BCUT2D eigenvalue weighted by Crippen LogP contribution is -2.23. The lowest BCUT2D eigenvalue weighted by atomic mass is 10.0. The van der Waals surface area contributed by atoms with Crippen molar-refractivity contribution in [1.82, 2.24) is 4.98 Å². The van der Waals surface area contributed by atoms with Gasteiger partial charge in [-0.25, -0.2) is 8.42 Å². The van der Waals surface area contributed by atoms with Gasteiger partial charge in [0.05, 0.1) is 16.2 Å². The third kappa shape index (κ3) is 4.48. The number of nitrogens with one attached hydrogen (secondary N) is 1. The van der Waals surface area contributed by atoms with E-state index < -0.39 is 52.6 Å². The van der Waals surface area contributed by atoms with Crippen LogP contribution in [0.25, 0.3) is 11.3 Å². The summed E-state index contributed by atoms with van der Waals surface area (Å²) >= 11 is 0. The molecule has 1 aromatic heterocycles. The van der Waals surface area contributed by atoms with Crippen LogP contribution in [0.2, 0.25) is 0 Å². The van der Waals surface area contributed by atoms with Crippen LogP contribution in [0.4, 0.5) is 32.0 Å². The standard InChI is InChI=1S/C20H11F6N3O4S2/c21-19(22,23)15-2-1-9-27-17(15)11-3-8-14-16(10-11)35(32,33)29-18(14)28-12-4-6-13(7-5-12)34(30,31)20(24,25)26/h1-10H,(H,28,29). The van der Waals surface area contributed by atoms with E-state index in [1.54, 1.807) is 0 Å². The van der Waals surface area contributed by atoms with Crippen LogP contribution in [0.15, 0.2) is 75.0 Å². The zero-order valence-electron chi connectivity index (χ0n) is 16.9. The molecule has 2 heterocycles. The number of fused-ring (bicyclic) bond motifs is 1. The van der Waals surface area contributed by atoms with E-state index in [2.05, 4.69) is 14.7 Å². The molecule has 4 rings (SSSR count). The van der Waals surface area contributed by atoms with Crippen LogP contribution in [0.1, 0.15) is 11.1 Å². The molecule has 0 amide bonds. The molecule has 1 N–H and O–H groups in total. The number of anilines is 1. The number of sulfone groups is 1. The number of halogens is 6. The Morgan fingerprint density at radius 2 is 1.54 bits per heavy atom.